The molecular formula is C20H9Br3F8N4O2. The van der Waals surface area contributed by atoms with Gasteiger partial charge in [-0.1, -0.05) is 70.2 Å². The lowest BCUT2D eigenvalue weighted by molar-refractivity contribution is -0.160. The van der Waals surface area contributed by atoms with Crippen LogP contribution in [0.1, 0.15) is 26.6 Å². The first-order valence-corrected chi connectivity index (χ1v) is 12.4. The zero-order valence-electron chi connectivity index (χ0n) is 17.5. The van der Waals surface area contributed by atoms with Gasteiger partial charge in [-0.3, -0.25) is 0 Å². The van der Waals surface area contributed by atoms with E-state index in [1.165, 1.54) is 24.3 Å². The van der Waals surface area contributed by atoms with E-state index in [0.29, 0.717) is 16.5 Å². The van der Waals surface area contributed by atoms with Crippen LogP contribution < -0.4 is 0 Å². The summed E-state index contributed by atoms with van der Waals surface area (Å²) in [6.45, 7) is 0. The van der Waals surface area contributed by atoms with Gasteiger partial charge >= 0.3 is 24.1 Å². The van der Waals surface area contributed by atoms with Crippen molar-refractivity contribution < 1.29 is 44.2 Å². The first-order valence-electron chi connectivity index (χ1n) is 9.45. The van der Waals surface area contributed by atoms with Gasteiger partial charge in [0.2, 0.25) is 11.6 Å². The van der Waals surface area contributed by atoms with Crippen LogP contribution in [-0.2, 0) is 17.7 Å². The number of hydrogen-bond acceptors (Lipinski definition) is 6. The van der Waals surface area contributed by atoms with Crippen molar-refractivity contribution in [2.75, 3.05) is 0 Å². The first-order chi connectivity index (χ1) is 17.2. The number of halogens is 11. The summed E-state index contributed by atoms with van der Waals surface area (Å²) in [5, 5.41) is 6.66. The zero-order valence-corrected chi connectivity index (χ0v) is 22.3. The highest BCUT2D eigenvalue weighted by Crippen LogP contribution is 2.34. The molecule has 2 heterocycles. The van der Waals surface area contributed by atoms with Crippen molar-refractivity contribution >= 4 is 47.8 Å². The van der Waals surface area contributed by atoms with Crippen LogP contribution >= 0.6 is 47.8 Å². The molecule has 0 atom stereocenters. The van der Waals surface area contributed by atoms with E-state index in [9.17, 15) is 35.1 Å². The molecule has 0 saturated carbocycles. The number of benzene rings is 2. The van der Waals surface area contributed by atoms with Crippen molar-refractivity contribution in [2.24, 2.45) is 0 Å². The Morgan fingerprint density at radius 1 is 0.730 bits per heavy atom. The highest BCUT2D eigenvalue weighted by atomic mass is 79.9. The second-order valence-electron chi connectivity index (χ2n) is 6.83. The van der Waals surface area contributed by atoms with Gasteiger partial charge in [-0.25, -0.2) is 8.78 Å². The molecule has 0 aliphatic heterocycles. The molecule has 198 valence electrons. The lowest BCUT2D eigenvalue weighted by Crippen LogP contribution is -2.04. The standard InChI is InChI=1S/C10H4Br2F4N2O.C10H5BrF4N2O/c11-7(12)4-1-2-5(6(13)3-4)8-17-9(19-18-8)10(14,15)16;11-4-5-1-2-6(7(12)3-5)8-16-9(18-17-8)10(13,14)15/h1-3,7H;1-3H,4H2. The van der Waals surface area contributed by atoms with Gasteiger partial charge < -0.3 is 9.05 Å². The quantitative estimate of drug-likeness (QED) is 0.155. The van der Waals surface area contributed by atoms with Crippen LogP contribution in [0, 0.1) is 11.6 Å². The van der Waals surface area contributed by atoms with Gasteiger partial charge in [0.1, 0.15) is 11.6 Å². The molecule has 4 aromatic rings. The Labute approximate surface area is 226 Å². The van der Waals surface area contributed by atoms with Crippen molar-refractivity contribution in [1.82, 2.24) is 20.3 Å². The van der Waals surface area contributed by atoms with E-state index in [1.807, 2.05) is 0 Å². The normalized spacial score (nSPS) is 12.0. The number of aromatic nitrogens is 4. The molecule has 2 aromatic heterocycles. The molecular weight excluding hydrogens is 720 g/mol. The average Bonchev–Trinajstić information content (AvgIpc) is 3.49. The molecule has 0 radical (unpaired) electrons. The fourth-order valence-corrected chi connectivity index (χ4v) is 3.49. The second-order valence-corrected chi connectivity index (χ2v) is 10.5. The summed E-state index contributed by atoms with van der Waals surface area (Å²) in [5.41, 5.74) is 0.916. The number of alkyl halides is 9. The topological polar surface area (TPSA) is 77.8 Å². The highest BCUT2D eigenvalue weighted by molar-refractivity contribution is 9.24. The predicted octanol–water partition coefficient (Wildman–Crippen LogP) is 8.47. The molecule has 4 rings (SSSR count). The van der Waals surface area contributed by atoms with Gasteiger partial charge in [-0.2, -0.15) is 36.3 Å². The van der Waals surface area contributed by atoms with Crippen LogP contribution in [0.3, 0.4) is 0 Å². The third-order valence-corrected chi connectivity index (χ3v) is 5.96. The number of hydrogen-bond donors (Lipinski definition) is 0. The van der Waals surface area contributed by atoms with Crippen molar-refractivity contribution in [3.05, 3.63) is 70.9 Å². The maximum Gasteiger partial charge on any atom is 0.471 e. The minimum Gasteiger partial charge on any atom is -0.329 e. The molecule has 2 aromatic carbocycles. The van der Waals surface area contributed by atoms with E-state index < -0.39 is 47.4 Å². The van der Waals surface area contributed by atoms with E-state index in [1.54, 1.807) is 6.07 Å². The van der Waals surface area contributed by atoms with E-state index >= 15 is 0 Å². The van der Waals surface area contributed by atoms with Crippen molar-refractivity contribution in [2.45, 2.75) is 21.4 Å². The highest BCUT2D eigenvalue weighted by Gasteiger charge is 2.39. The fourth-order valence-electron chi connectivity index (χ4n) is 2.57. The maximum atomic E-state index is 13.8. The summed E-state index contributed by atoms with van der Waals surface area (Å²) in [6.07, 6.45) is -9.49. The molecule has 0 saturated heterocycles. The summed E-state index contributed by atoms with van der Waals surface area (Å²) < 4.78 is 109. The Hall–Kier alpha value is -2.40. The number of rotatable bonds is 4. The maximum absolute atomic E-state index is 13.8. The largest absolute Gasteiger partial charge is 0.471 e. The Kier molecular flexibility index (Phi) is 9.10. The molecule has 0 aliphatic rings. The van der Waals surface area contributed by atoms with E-state index in [-0.39, 0.29) is 14.9 Å². The van der Waals surface area contributed by atoms with Crippen molar-refractivity contribution in [1.29, 1.82) is 0 Å². The fraction of sp³-hybridized carbons (Fsp3) is 0.200. The van der Waals surface area contributed by atoms with Gasteiger partial charge in [0.15, 0.2) is 0 Å². The molecule has 0 bridgehead atoms. The smallest absolute Gasteiger partial charge is 0.329 e. The lowest BCUT2D eigenvalue weighted by atomic mass is 10.1. The van der Waals surface area contributed by atoms with Gasteiger partial charge in [-0.15, -0.1) is 0 Å². The monoisotopic (exact) mass is 726 g/mol. The molecule has 0 unspecified atom stereocenters. The third-order valence-electron chi connectivity index (χ3n) is 4.25. The van der Waals surface area contributed by atoms with Crippen molar-refractivity contribution in [3.63, 3.8) is 0 Å². The Bertz CT molecular complexity index is 1370. The summed E-state index contributed by atoms with van der Waals surface area (Å²) in [5.74, 6) is -5.33. The summed E-state index contributed by atoms with van der Waals surface area (Å²) in [4.78, 5) is 6.23. The minimum absolute atomic E-state index is 0.140. The summed E-state index contributed by atoms with van der Waals surface area (Å²) >= 11 is 9.50. The van der Waals surface area contributed by atoms with Crippen molar-refractivity contribution in [3.8, 4) is 22.8 Å². The van der Waals surface area contributed by atoms with Gasteiger partial charge in [0.25, 0.3) is 0 Å². The average molecular weight is 729 g/mol. The van der Waals surface area contributed by atoms with E-state index in [4.69, 9.17) is 0 Å². The summed E-state index contributed by atoms with van der Waals surface area (Å²) in [6, 6.07) is 8.01. The van der Waals surface area contributed by atoms with Crippen LogP contribution in [-0.4, -0.2) is 20.3 Å². The van der Waals surface area contributed by atoms with Gasteiger partial charge in [-0.05, 0) is 35.4 Å². The van der Waals surface area contributed by atoms with Crippen LogP contribution in [0.5, 0.6) is 0 Å². The first kappa shape index (κ1) is 29.2. The molecule has 37 heavy (non-hydrogen) atoms. The molecule has 0 aliphatic carbocycles. The molecule has 17 heteroatoms. The summed E-state index contributed by atoms with van der Waals surface area (Å²) in [7, 11) is 0. The second kappa shape index (κ2) is 11.6. The minimum atomic E-state index is -4.75. The van der Waals surface area contributed by atoms with Crippen LogP contribution in [0.4, 0.5) is 35.1 Å². The lowest BCUT2D eigenvalue weighted by Gasteiger charge is -2.04. The van der Waals surface area contributed by atoms with Crippen LogP contribution in [0.25, 0.3) is 22.8 Å². The molecule has 0 fully saturated rings. The van der Waals surface area contributed by atoms with Crippen LogP contribution in [0.15, 0.2) is 45.4 Å². The Balaban J connectivity index is 0.000000206. The zero-order chi connectivity index (χ0) is 27.5. The SMILES string of the molecule is Fc1cc(C(Br)Br)ccc1-c1noc(C(F)(F)F)n1.Fc1cc(CBr)ccc1-c1noc(C(F)(F)F)n1. The molecule has 0 spiro atoms. The molecule has 6 nitrogen and oxygen atoms in total. The Morgan fingerprint density at radius 2 is 1.19 bits per heavy atom. The third kappa shape index (κ3) is 7.34. The van der Waals surface area contributed by atoms with E-state index in [0.717, 1.165) is 6.07 Å². The Morgan fingerprint density at radius 3 is 1.54 bits per heavy atom. The van der Waals surface area contributed by atoms with Gasteiger partial charge in [0.05, 0.1) is 14.9 Å². The van der Waals surface area contributed by atoms with E-state index in [2.05, 4.69) is 77.1 Å². The predicted molar refractivity (Wildman–Crippen MR) is 123 cm³/mol. The number of nitrogens with zero attached hydrogens (tertiary/aromatic N) is 4. The molecule has 0 amide bonds. The molecule has 0 N–H and O–H groups in total. The van der Waals surface area contributed by atoms with Gasteiger partial charge in [0, 0.05) is 5.33 Å². The van der Waals surface area contributed by atoms with Crippen LogP contribution in [0.2, 0.25) is 0 Å².